The minimum Gasteiger partial charge on any atom is -0.490 e. The van der Waals surface area contributed by atoms with Crippen molar-refractivity contribution < 1.29 is 14.6 Å². The first-order valence-electron chi connectivity index (χ1n) is 6.73. The zero-order valence-electron chi connectivity index (χ0n) is 10.8. The van der Waals surface area contributed by atoms with Crippen LogP contribution in [0.15, 0.2) is 24.3 Å². The molecule has 18 heavy (non-hydrogen) atoms. The Labute approximate surface area is 108 Å². The lowest BCUT2D eigenvalue weighted by Gasteiger charge is -2.29. The summed E-state index contributed by atoms with van der Waals surface area (Å²) >= 11 is 0. The van der Waals surface area contributed by atoms with Gasteiger partial charge in [0.05, 0.1) is 18.3 Å². The smallest absolute Gasteiger partial charge is 0.119 e. The van der Waals surface area contributed by atoms with E-state index in [0.717, 1.165) is 24.3 Å². The Morgan fingerprint density at radius 1 is 1.22 bits per heavy atom. The van der Waals surface area contributed by atoms with Crippen molar-refractivity contribution in [3.8, 4) is 5.75 Å². The van der Waals surface area contributed by atoms with Gasteiger partial charge in [0, 0.05) is 12.5 Å². The summed E-state index contributed by atoms with van der Waals surface area (Å²) in [4.78, 5) is 0. The maximum atomic E-state index is 10.6. The highest BCUT2D eigenvalue weighted by Gasteiger charge is 2.36. The van der Waals surface area contributed by atoms with E-state index < -0.39 is 5.60 Å². The summed E-state index contributed by atoms with van der Waals surface area (Å²) in [6.07, 6.45) is 3.67. The Balaban J connectivity index is 1.73. The Morgan fingerprint density at radius 2 is 1.94 bits per heavy atom. The van der Waals surface area contributed by atoms with Crippen LogP contribution >= 0.6 is 0 Å². The average molecular weight is 248 g/mol. The van der Waals surface area contributed by atoms with Crippen molar-refractivity contribution in [3.05, 3.63) is 29.8 Å². The molecule has 2 unspecified atom stereocenters. The van der Waals surface area contributed by atoms with Gasteiger partial charge in [-0.25, -0.2) is 0 Å². The molecule has 1 saturated carbocycles. The van der Waals surface area contributed by atoms with Crippen LogP contribution in [0.2, 0.25) is 0 Å². The van der Waals surface area contributed by atoms with Gasteiger partial charge in [0.2, 0.25) is 0 Å². The Bertz CT molecular complexity index is 400. The molecule has 1 saturated heterocycles. The lowest BCUT2D eigenvalue weighted by Crippen LogP contribution is -2.32. The molecule has 0 amide bonds. The molecule has 3 nitrogen and oxygen atoms in total. The van der Waals surface area contributed by atoms with Crippen LogP contribution in [0.4, 0.5) is 0 Å². The Kier molecular flexibility index (Phi) is 3.04. The van der Waals surface area contributed by atoms with E-state index >= 15 is 0 Å². The average Bonchev–Trinajstić information content (AvgIpc) is 2.99. The highest BCUT2D eigenvalue weighted by Crippen LogP contribution is 2.35. The van der Waals surface area contributed by atoms with Crippen molar-refractivity contribution in [2.24, 2.45) is 5.92 Å². The van der Waals surface area contributed by atoms with E-state index in [-0.39, 0.29) is 5.92 Å². The summed E-state index contributed by atoms with van der Waals surface area (Å²) in [7, 11) is 0. The van der Waals surface area contributed by atoms with Gasteiger partial charge in [0.15, 0.2) is 0 Å². The van der Waals surface area contributed by atoms with Crippen LogP contribution in [-0.2, 0) is 10.3 Å². The highest BCUT2D eigenvalue weighted by atomic mass is 16.5. The molecular weight excluding hydrogens is 228 g/mol. The third-order valence-electron chi connectivity index (χ3n) is 3.99. The number of benzene rings is 1. The number of ether oxygens (including phenoxy) is 2. The summed E-state index contributed by atoms with van der Waals surface area (Å²) in [6, 6.07) is 7.85. The van der Waals surface area contributed by atoms with Gasteiger partial charge in [-0.05, 0) is 43.9 Å². The van der Waals surface area contributed by atoms with E-state index in [4.69, 9.17) is 9.47 Å². The fourth-order valence-electron chi connectivity index (χ4n) is 2.46. The van der Waals surface area contributed by atoms with Crippen LogP contribution < -0.4 is 4.74 Å². The molecule has 1 N–H and O–H groups in total. The van der Waals surface area contributed by atoms with Crippen LogP contribution in [0.1, 0.15) is 31.7 Å². The lowest BCUT2D eigenvalue weighted by molar-refractivity contribution is -0.00974. The van der Waals surface area contributed by atoms with Crippen LogP contribution in [0.25, 0.3) is 0 Å². The molecule has 1 aliphatic carbocycles. The van der Waals surface area contributed by atoms with Gasteiger partial charge in [0.1, 0.15) is 5.75 Å². The van der Waals surface area contributed by atoms with Crippen LogP contribution in [0, 0.1) is 5.92 Å². The van der Waals surface area contributed by atoms with Gasteiger partial charge in [-0.15, -0.1) is 0 Å². The van der Waals surface area contributed by atoms with E-state index in [0.29, 0.717) is 12.7 Å². The second-order valence-corrected chi connectivity index (χ2v) is 5.55. The summed E-state index contributed by atoms with van der Waals surface area (Å²) in [6.45, 7) is 3.28. The lowest BCUT2D eigenvalue weighted by atomic mass is 9.82. The molecule has 0 bridgehead atoms. The highest BCUT2D eigenvalue weighted by molar-refractivity contribution is 5.31. The zero-order chi connectivity index (χ0) is 12.6. The van der Waals surface area contributed by atoms with Gasteiger partial charge in [-0.3, -0.25) is 0 Å². The molecule has 0 spiro atoms. The van der Waals surface area contributed by atoms with E-state index in [9.17, 15) is 5.11 Å². The molecular formula is C15H20O3. The van der Waals surface area contributed by atoms with Gasteiger partial charge in [-0.2, -0.15) is 0 Å². The Morgan fingerprint density at radius 3 is 2.50 bits per heavy atom. The van der Waals surface area contributed by atoms with Crippen molar-refractivity contribution in [1.82, 2.24) is 0 Å². The summed E-state index contributed by atoms with van der Waals surface area (Å²) in [5, 5.41) is 10.6. The van der Waals surface area contributed by atoms with Crippen molar-refractivity contribution >= 4 is 0 Å². The number of aliphatic hydroxyl groups is 1. The molecule has 1 aliphatic heterocycles. The van der Waals surface area contributed by atoms with Crippen LogP contribution in [0.5, 0.6) is 5.75 Å². The first-order valence-corrected chi connectivity index (χ1v) is 6.73. The minimum atomic E-state index is -0.811. The van der Waals surface area contributed by atoms with Crippen molar-refractivity contribution in [3.63, 3.8) is 0 Å². The minimum absolute atomic E-state index is 0.188. The third-order valence-corrected chi connectivity index (χ3v) is 3.99. The fourth-order valence-corrected chi connectivity index (χ4v) is 2.46. The first kappa shape index (κ1) is 12.0. The molecule has 3 heteroatoms. The maximum absolute atomic E-state index is 10.6. The second kappa shape index (κ2) is 4.56. The molecule has 2 atom stereocenters. The maximum Gasteiger partial charge on any atom is 0.119 e. The van der Waals surface area contributed by atoms with Crippen molar-refractivity contribution in [1.29, 1.82) is 0 Å². The second-order valence-electron chi connectivity index (χ2n) is 5.55. The molecule has 0 radical (unpaired) electrons. The molecule has 1 aromatic rings. The van der Waals surface area contributed by atoms with E-state index in [1.165, 1.54) is 12.8 Å². The molecule has 2 aliphatic rings. The van der Waals surface area contributed by atoms with Gasteiger partial charge in [0.25, 0.3) is 0 Å². The quantitative estimate of drug-likeness (QED) is 0.889. The normalized spacial score (nSPS) is 26.9. The molecule has 1 heterocycles. The van der Waals surface area contributed by atoms with Gasteiger partial charge in [-0.1, -0.05) is 12.1 Å². The van der Waals surface area contributed by atoms with Crippen molar-refractivity contribution in [2.75, 3.05) is 13.2 Å². The van der Waals surface area contributed by atoms with Gasteiger partial charge >= 0.3 is 0 Å². The van der Waals surface area contributed by atoms with Crippen molar-refractivity contribution in [2.45, 2.75) is 37.9 Å². The van der Waals surface area contributed by atoms with Crippen LogP contribution in [0.3, 0.4) is 0 Å². The molecule has 2 fully saturated rings. The molecule has 1 aromatic carbocycles. The molecule has 3 rings (SSSR count). The monoisotopic (exact) mass is 248 g/mol. The summed E-state index contributed by atoms with van der Waals surface area (Å²) < 4.78 is 11.1. The SMILES string of the molecule is CC(O)(c1ccc(OC2CC2)cc1)C1CCOC1. The third kappa shape index (κ3) is 2.38. The van der Waals surface area contributed by atoms with E-state index in [2.05, 4.69) is 0 Å². The zero-order valence-corrected chi connectivity index (χ0v) is 10.8. The predicted molar refractivity (Wildman–Crippen MR) is 68.6 cm³/mol. The first-order chi connectivity index (χ1) is 8.66. The van der Waals surface area contributed by atoms with Crippen LogP contribution in [-0.4, -0.2) is 24.4 Å². The number of hydrogen-bond donors (Lipinski definition) is 1. The van der Waals surface area contributed by atoms with Gasteiger partial charge < -0.3 is 14.6 Å². The fraction of sp³-hybridized carbons (Fsp3) is 0.600. The summed E-state index contributed by atoms with van der Waals surface area (Å²) in [5.41, 5.74) is 0.135. The topological polar surface area (TPSA) is 38.7 Å². The molecule has 0 aromatic heterocycles. The standard InChI is InChI=1S/C15H20O3/c1-15(16,12-8-9-17-10-12)11-2-4-13(5-3-11)18-14-6-7-14/h2-5,12,14,16H,6-10H2,1H3. The predicted octanol–water partition coefficient (Wildman–Crippen LogP) is 2.47. The number of hydrogen-bond acceptors (Lipinski definition) is 3. The largest absolute Gasteiger partial charge is 0.490 e. The number of rotatable bonds is 4. The summed E-state index contributed by atoms with van der Waals surface area (Å²) in [5.74, 6) is 1.09. The van der Waals surface area contributed by atoms with E-state index in [1.54, 1.807) is 0 Å². The van der Waals surface area contributed by atoms with E-state index in [1.807, 2.05) is 31.2 Å². The molecule has 98 valence electrons. The Hall–Kier alpha value is -1.06.